The van der Waals surface area contributed by atoms with E-state index in [0.29, 0.717) is 29.0 Å². The zero-order valence-corrected chi connectivity index (χ0v) is 22.8. The number of thiazole rings is 1. The average Bonchev–Trinajstić information content (AvgIpc) is 3.58. The van der Waals surface area contributed by atoms with Gasteiger partial charge in [0.15, 0.2) is 16.6 Å². The Kier molecular flexibility index (Phi) is 7.07. The molecule has 11 heteroatoms. The van der Waals surface area contributed by atoms with Crippen molar-refractivity contribution >= 4 is 39.9 Å². The van der Waals surface area contributed by atoms with Crippen LogP contribution in [0.25, 0.3) is 5.76 Å². The summed E-state index contributed by atoms with van der Waals surface area (Å²) in [6, 6.07) is 8.30. The van der Waals surface area contributed by atoms with Crippen LogP contribution in [0, 0.1) is 6.92 Å². The number of aliphatic hydroxyl groups is 1. The van der Waals surface area contributed by atoms with Gasteiger partial charge in [-0.25, -0.2) is 9.78 Å². The summed E-state index contributed by atoms with van der Waals surface area (Å²) >= 11 is 0.890. The number of aromatic hydroxyl groups is 1. The summed E-state index contributed by atoms with van der Waals surface area (Å²) in [5.74, 6) is -2.23. The van der Waals surface area contributed by atoms with Gasteiger partial charge >= 0.3 is 11.9 Å². The average molecular weight is 563 g/mol. The summed E-state index contributed by atoms with van der Waals surface area (Å²) in [5, 5.41) is 21.7. The maximum atomic E-state index is 13.5. The van der Waals surface area contributed by atoms with Gasteiger partial charge in [0, 0.05) is 12.0 Å². The van der Waals surface area contributed by atoms with Crippen LogP contribution < -0.4 is 14.4 Å². The van der Waals surface area contributed by atoms with Crippen LogP contribution in [0.3, 0.4) is 0 Å². The van der Waals surface area contributed by atoms with Crippen molar-refractivity contribution in [2.24, 2.45) is 0 Å². The van der Waals surface area contributed by atoms with Gasteiger partial charge in [0.25, 0.3) is 5.78 Å². The highest BCUT2D eigenvalue weighted by molar-refractivity contribution is 7.17. The Bertz CT molecular complexity index is 1590. The molecule has 0 bridgehead atoms. The van der Waals surface area contributed by atoms with Gasteiger partial charge < -0.3 is 24.4 Å². The standard InChI is InChI=1S/C29H26N2O8S/c1-5-10-38-28(36)26-15(3)30-29(40-26)31-23(16-6-8-19(32)21(13-16)37-4)22(25(34)27(31)35)24(33)17-7-9-20-18(12-17)11-14(2)39-20/h5-9,12-14,23,32-33H,1,10-11H2,2-4H3/b24-22+. The highest BCUT2D eigenvalue weighted by atomic mass is 32.1. The molecule has 0 radical (unpaired) electrons. The van der Waals surface area contributed by atoms with Crippen molar-refractivity contribution < 1.29 is 38.8 Å². The number of aromatic nitrogens is 1. The van der Waals surface area contributed by atoms with Crippen LogP contribution in [-0.4, -0.2) is 52.7 Å². The molecule has 3 heterocycles. The SMILES string of the molecule is C=CCOC(=O)c1sc(N2C(=O)C(=O)/C(=C(/O)c3ccc4c(c3)CC(C)O4)C2c2ccc(O)c(OC)c2)nc1C. The van der Waals surface area contributed by atoms with Crippen molar-refractivity contribution in [3.63, 3.8) is 0 Å². The highest BCUT2D eigenvalue weighted by Gasteiger charge is 2.48. The van der Waals surface area contributed by atoms with E-state index < -0.39 is 23.7 Å². The van der Waals surface area contributed by atoms with Gasteiger partial charge in [-0.1, -0.05) is 30.1 Å². The first-order valence-corrected chi connectivity index (χ1v) is 13.2. The molecule has 2 aliphatic heterocycles. The van der Waals surface area contributed by atoms with Gasteiger partial charge in [-0.2, -0.15) is 0 Å². The number of carbonyl (C=O) groups is 3. The Labute approximate surface area is 233 Å². The van der Waals surface area contributed by atoms with E-state index in [2.05, 4.69) is 11.6 Å². The first-order valence-electron chi connectivity index (χ1n) is 12.4. The number of phenolic OH excluding ortho intramolecular Hbond substituents is 1. The minimum absolute atomic E-state index is 0.00603. The molecule has 2 N–H and O–H groups in total. The smallest absolute Gasteiger partial charge is 0.350 e. The molecule has 5 rings (SSSR count). The summed E-state index contributed by atoms with van der Waals surface area (Å²) in [4.78, 5) is 45.3. The molecule has 2 aromatic carbocycles. The Morgan fingerprint density at radius 2 is 2.05 bits per heavy atom. The topological polar surface area (TPSA) is 135 Å². The number of hydrogen-bond donors (Lipinski definition) is 2. The minimum Gasteiger partial charge on any atom is -0.507 e. The van der Waals surface area contributed by atoms with Crippen LogP contribution >= 0.6 is 11.3 Å². The second kappa shape index (κ2) is 10.5. The van der Waals surface area contributed by atoms with E-state index >= 15 is 0 Å². The molecule has 0 saturated carbocycles. The number of carbonyl (C=O) groups excluding carboxylic acids is 3. The number of ether oxygens (including phenoxy) is 3. The number of Topliss-reactive ketones (excluding diaryl/α,β-unsaturated/α-hetero) is 1. The molecular formula is C29H26N2O8S. The predicted molar refractivity (Wildman–Crippen MR) is 147 cm³/mol. The third-order valence-corrected chi connectivity index (χ3v) is 7.78. The highest BCUT2D eigenvalue weighted by Crippen LogP contribution is 2.46. The fourth-order valence-electron chi connectivity index (χ4n) is 4.81. The predicted octanol–water partition coefficient (Wildman–Crippen LogP) is 4.46. The van der Waals surface area contributed by atoms with E-state index in [-0.39, 0.29) is 45.6 Å². The molecule has 10 nitrogen and oxygen atoms in total. The number of anilines is 1. The Morgan fingerprint density at radius 1 is 1.27 bits per heavy atom. The van der Waals surface area contributed by atoms with Gasteiger partial charge in [0.1, 0.15) is 29.1 Å². The molecular weight excluding hydrogens is 536 g/mol. The summed E-state index contributed by atoms with van der Waals surface area (Å²) in [5.41, 5.74) is 1.72. The van der Waals surface area contributed by atoms with Crippen molar-refractivity contribution in [2.45, 2.75) is 32.4 Å². The summed E-state index contributed by atoms with van der Waals surface area (Å²) < 4.78 is 16.1. The Balaban J connectivity index is 1.67. The van der Waals surface area contributed by atoms with Gasteiger partial charge in [0.2, 0.25) is 0 Å². The largest absolute Gasteiger partial charge is 0.507 e. The Hall–Kier alpha value is -4.64. The molecule has 1 fully saturated rings. The number of rotatable bonds is 7. The van der Waals surface area contributed by atoms with Gasteiger partial charge in [-0.15, -0.1) is 0 Å². The van der Waals surface area contributed by atoms with E-state index in [1.165, 1.54) is 31.4 Å². The Morgan fingerprint density at radius 3 is 2.77 bits per heavy atom. The lowest BCUT2D eigenvalue weighted by Gasteiger charge is -2.23. The third-order valence-electron chi connectivity index (χ3n) is 6.64. The number of aryl methyl sites for hydroxylation is 1. The van der Waals surface area contributed by atoms with Crippen molar-refractivity contribution in [1.29, 1.82) is 0 Å². The second-order valence-corrected chi connectivity index (χ2v) is 10.3. The third kappa shape index (κ3) is 4.58. The monoisotopic (exact) mass is 562 g/mol. The number of methoxy groups -OCH3 is 1. The van der Waals surface area contributed by atoms with Crippen molar-refractivity contribution in [2.75, 3.05) is 18.6 Å². The molecule has 1 aromatic heterocycles. The number of nitrogens with zero attached hydrogens (tertiary/aromatic N) is 2. The normalized spacial score (nSPS) is 19.3. The number of esters is 1. The van der Waals surface area contributed by atoms with Gasteiger partial charge in [-0.3, -0.25) is 14.5 Å². The van der Waals surface area contributed by atoms with E-state index in [4.69, 9.17) is 14.2 Å². The summed E-state index contributed by atoms with van der Waals surface area (Å²) in [6.07, 6.45) is 2.03. The molecule has 2 unspecified atom stereocenters. The second-order valence-electron chi connectivity index (χ2n) is 9.35. The van der Waals surface area contributed by atoms with Crippen LogP contribution in [0.5, 0.6) is 17.2 Å². The first-order chi connectivity index (χ1) is 19.1. The van der Waals surface area contributed by atoms with Crippen molar-refractivity contribution in [1.82, 2.24) is 4.98 Å². The van der Waals surface area contributed by atoms with Crippen molar-refractivity contribution in [3.8, 4) is 17.2 Å². The van der Waals surface area contributed by atoms with E-state index in [1.54, 1.807) is 25.1 Å². The van der Waals surface area contributed by atoms with Crippen LogP contribution in [0.2, 0.25) is 0 Å². The lowest BCUT2D eigenvalue weighted by molar-refractivity contribution is -0.132. The van der Waals surface area contributed by atoms with Crippen LogP contribution in [-0.2, 0) is 20.7 Å². The number of amides is 1. The van der Waals surface area contributed by atoms with E-state index in [9.17, 15) is 24.6 Å². The molecule has 206 valence electrons. The molecule has 1 amide bonds. The fourth-order valence-corrected chi connectivity index (χ4v) is 5.80. The number of fused-ring (bicyclic) bond motifs is 1. The molecule has 2 aliphatic rings. The van der Waals surface area contributed by atoms with Crippen LogP contribution in [0.15, 0.2) is 54.6 Å². The number of benzene rings is 2. The molecule has 40 heavy (non-hydrogen) atoms. The maximum Gasteiger partial charge on any atom is 0.350 e. The fraction of sp³-hybridized carbons (Fsp3) is 0.241. The quantitative estimate of drug-likeness (QED) is 0.141. The first kappa shape index (κ1) is 26.9. The van der Waals surface area contributed by atoms with Crippen molar-refractivity contribution in [3.05, 3.63) is 81.9 Å². The summed E-state index contributed by atoms with van der Waals surface area (Å²) in [6.45, 7) is 7.04. The lowest BCUT2D eigenvalue weighted by atomic mass is 9.94. The van der Waals surface area contributed by atoms with Crippen LogP contribution in [0.4, 0.5) is 5.13 Å². The van der Waals surface area contributed by atoms with Gasteiger partial charge in [-0.05, 0) is 55.3 Å². The zero-order chi connectivity index (χ0) is 28.7. The number of aliphatic hydroxyl groups excluding tert-OH is 1. The maximum absolute atomic E-state index is 13.5. The molecule has 0 spiro atoms. The summed E-state index contributed by atoms with van der Waals surface area (Å²) in [7, 11) is 1.37. The van der Waals surface area contributed by atoms with Crippen LogP contribution in [0.1, 0.15) is 45.0 Å². The van der Waals surface area contributed by atoms with E-state index in [0.717, 1.165) is 21.8 Å². The number of phenols is 1. The molecule has 2 atom stereocenters. The molecule has 3 aromatic rings. The van der Waals surface area contributed by atoms with E-state index in [1.807, 2.05) is 6.92 Å². The minimum atomic E-state index is -1.14. The number of hydrogen-bond acceptors (Lipinski definition) is 10. The lowest BCUT2D eigenvalue weighted by Crippen LogP contribution is -2.29. The van der Waals surface area contributed by atoms with Gasteiger partial charge in [0.05, 0.1) is 24.4 Å². The zero-order valence-electron chi connectivity index (χ0n) is 22.0. The number of ketones is 1. The molecule has 0 aliphatic carbocycles. The molecule has 1 saturated heterocycles.